The van der Waals surface area contributed by atoms with Crippen molar-refractivity contribution in [1.82, 2.24) is 10.2 Å². The van der Waals surface area contributed by atoms with Gasteiger partial charge in [-0.25, -0.2) is 4.79 Å². The lowest BCUT2D eigenvalue weighted by Gasteiger charge is -2.21. The van der Waals surface area contributed by atoms with Crippen molar-refractivity contribution in [2.75, 3.05) is 39.8 Å². The zero-order valence-corrected chi connectivity index (χ0v) is 10.9. The first-order chi connectivity index (χ1) is 8.06. The van der Waals surface area contributed by atoms with E-state index in [1.165, 1.54) is 40.0 Å². The summed E-state index contributed by atoms with van der Waals surface area (Å²) in [6.45, 7) is 6.02. The Bertz CT molecular complexity index is 238. The van der Waals surface area contributed by atoms with E-state index in [1.54, 1.807) is 0 Å². The van der Waals surface area contributed by atoms with Crippen molar-refractivity contribution in [3.8, 4) is 0 Å². The van der Waals surface area contributed by atoms with Gasteiger partial charge in [-0.3, -0.25) is 0 Å². The topological polar surface area (TPSA) is 61.8 Å². The Morgan fingerprint density at radius 1 is 1.47 bits per heavy atom. The van der Waals surface area contributed by atoms with Gasteiger partial charge in [0.1, 0.15) is 0 Å². The van der Waals surface area contributed by atoms with Gasteiger partial charge >= 0.3 is 5.97 Å². The maximum absolute atomic E-state index is 11.2. The van der Waals surface area contributed by atoms with E-state index in [1.807, 2.05) is 0 Å². The van der Waals surface area contributed by atoms with E-state index in [9.17, 15) is 9.90 Å². The first kappa shape index (κ1) is 14.4. The number of nitrogens with zero attached hydrogens (tertiary/aromatic N) is 1. The lowest BCUT2D eigenvalue weighted by Crippen LogP contribution is -2.46. The maximum atomic E-state index is 11.2. The highest BCUT2D eigenvalue weighted by Gasteiger charge is 2.30. The number of carbonyl (C=O) groups is 1. The van der Waals surface area contributed by atoms with Crippen molar-refractivity contribution in [2.45, 2.75) is 31.8 Å². The van der Waals surface area contributed by atoms with Crippen molar-refractivity contribution < 1.29 is 14.6 Å². The monoisotopic (exact) mass is 244 g/mol. The lowest BCUT2D eigenvalue weighted by molar-refractivity contribution is -0.159. The zero-order valence-electron chi connectivity index (χ0n) is 10.9. The van der Waals surface area contributed by atoms with E-state index >= 15 is 0 Å². The fourth-order valence-corrected chi connectivity index (χ4v) is 2.06. The molecule has 0 saturated carbocycles. The van der Waals surface area contributed by atoms with Crippen LogP contribution in [0, 0.1) is 0 Å². The molecule has 2 N–H and O–H groups in total. The van der Waals surface area contributed by atoms with Gasteiger partial charge in [0.2, 0.25) is 0 Å². The van der Waals surface area contributed by atoms with Gasteiger partial charge in [0.05, 0.1) is 7.11 Å². The second-order valence-electron chi connectivity index (χ2n) is 4.84. The Balaban J connectivity index is 2.04. The molecule has 5 nitrogen and oxygen atoms in total. The summed E-state index contributed by atoms with van der Waals surface area (Å²) < 4.78 is 4.52. The first-order valence-corrected chi connectivity index (χ1v) is 6.30. The number of ether oxygens (including phenoxy) is 1. The minimum atomic E-state index is -1.43. The molecule has 0 aliphatic carbocycles. The van der Waals surface area contributed by atoms with Gasteiger partial charge in [0.25, 0.3) is 0 Å². The van der Waals surface area contributed by atoms with E-state index in [4.69, 9.17) is 0 Å². The quantitative estimate of drug-likeness (QED) is 0.487. The summed E-state index contributed by atoms with van der Waals surface area (Å²) in [6.07, 6.45) is 3.66. The van der Waals surface area contributed by atoms with Crippen LogP contribution in [0.15, 0.2) is 0 Å². The summed E-state index contributed by atoms with van der Waals surface area (Å²) in [5.74, 6) is -0.593. The van der Waals surface area contributed by atoms with E-state index < -0.39 is 11.6 Å². The van der Waals surface area contributed by atoms with Crippen LogP contribution in [0.2, 0.25) is 0 Å². The van der Waals surface area contributed by atoms with E-state index in [0.29, 0.717) is 0 Å². The van der Waals surface area contributed by atoms with Crippen LogP contribution < -0.4 is 5.32 Å². The molecule has 0 aromatic rings. The fraction of sp³-hybridized carbons (Fsp3) is 0.917. The van der Waals surface area contributed by atoms with Crippen LogP contribution in [0.1, 0.15) is 26.2 Å². The number of likely N-dealkylation sites (tertiary alicyclic amines) is 1. The van der Waals surface area contributed by atoms with E-state index in [2.05, 4.69) is 15.0 Å². The van der Waals surface area contributed by atoms with Crippen LogP contribution >= 0.6 is 0 Å². The number of aliphatic hydroxyl groups is 1. The van der Waals surface area contributed by atoms with Crippen LogP contribution in [-0.4, -0.2) is 61.4 Å². The average Bonchev–Trinajstić information content (AvgIpc) is 2.80. The lowest BCUT2D eigenvalue weighted by atomic mass is 10.1. The Morgan fingerprint density at radius 2 is 2.12 bits per heavy atom. The van der Waals surface area contributed by atoms with Crippen LogP contribution in [0.3, 0.4) is 0 Å². The molecule has 100 valence electrons. The van der Waals surface area contributed by atoms with Crippen molar-refractivity contribution in [2.24, 2.45) is 0 Å². The molecule has 0 radical (unpaired) electrons. The largest absolute Gasteiger partial charge is 0.467 e. The van der Waals surface area contributed by atoms with Gasteiger partial charge in [-0.15, -0.1) is 0 Å². The molecule has 1 atom stereocenters. The molecule has 0 aromatic heterocycles. The van der Waals surface area contributed by atoms with Crippen molar-refractivity contribution >= 4 is 5.97 Å². The fourth-order valence-electron chi connectivity index (χ4n) is 2.06. The summed E-state index contributed by atoms with van der Waals surface area (Å²) >= 11 is 0. The predicted octanol–water partition coefficient (Wildman–Crippen LogP) is -0.0141. The Kier molecular flexibility index (Phi) is 5.88. The number of methoxy groups -OCH3 is 1. The molecule has 0 amide bonds. The van der Waals surface area contributed by atoms with Crippen molar-refractivity contribution in [3.63, 3.8) is 0 Å². The molecule has 1 unspecified atom stereocenters. The minimum absolute atomic E-state index is 0.236. The molecular weight excluding hydrogens is 220 g/mol. The van der Waals surface area contributed by atoms with Crippen LogP contribution in [0.5, 0.6) is 0 Å². The third-order valence-corrected chi connectivity index (χ3v) is 3.12. The highest BCUT2D eigenvalue weighted by molar-refractivity contribution is 5.78. The highest BCUT2D eigenvalue weighted by atomic mass is 16.5. The maximum Gasteiger partial charge on any atom is 0.338 e. The third kappa shape index (κ3) is 5.02. The van der Waals surface area contributed by atoms with Gasteiger partial charge in [0.15, 0.2) is 5.60 Å². The average molecular weight is 244 g/mol. The highest BCUT2D eigenvalue weighted by Crippen LogP contribution is 2.07. The second kappa shape index (κ2) is 6.93. The third-order valence-electron chi connectivity index (χ3n) is 3.12. The Morgan fingerprint density at radius 3 is 2.71 bits per heavy atom. The smallest absolute Gasteiger partial charge is 0.338 e. The summed E-state index contributed by atoms with van der Waals surface area (Å²) in [5.41, 5.74) is -1.43. The normalized spacial score (nSPS) is 20.2. The molecule has 1 aliphatic rings. The molecule has 1 heterocycles. The summed E-state index contributed by atoms with van der Waals surface area (Å²) in [4.78, 5) is 13.6. The molecule has 1 fully saturated rings. The van der Waals surface area contributed by atoms with Crippen molar-refractivity contribution in [1.29, 1.82) is 0 Å². The number of esters is 1. The van der Waals surface area contributed by atoms with Crippen LogP contribution in [0.25, 0.3) is 0 Å². The molecule has 1 rings (SSSR count). The van der Waals surface area contributed by atoms with Crippen LogP contribution in [-0.2, 0) is 9.53 Å². The molecule has 1 aliphatic heterocycles. The molecule has 5 heteroatoms. The van der Waals surface area contributed by atoms with Gasteiger partial charge in [-0.1, -0.05) is 0 Å². The first-order valence-electron chi connectivity index (χ1n) is 6.30. The molecule has 17 heavy (non-hydrogen) atoms. The zero-order chi connectivity index (χ0) is 12.7. The van der Waals surface area contributed by atoms with Gasteiger partial charge in [-0.2, -0.15) is 0 Å². The van der Waals surface area contributed by atoms with Gasteiger partial charge in [0, 0.05) is 6.54 Å². The Labute approximate surface area is 103 Å². The second-order valence-corrected chi connectivity index (χ2v) is 4.84. The molecule has 0 spiro atoms. The standard InChI is InChI=1S/C12H24N2O3/c1-12(16,11(15)17-2)10-13-6-5-9-14-7-3-4-8-14/h13,16H,3-10H2,1-2H3. The number of nitrogens with one attached hydrogen (secondary N) is 1. The number of rotatable bonds is 7. The predicted molar refractivity (Wildman–Crippen MR) is 65.8 cm³/mol. The van der Waals surface area contributed by atoms with Crippen molar-refractivity contribution in [3.05, 3.63) is 0 Å². The summed E-state index contributed by atoms with van der Waals surface area (Å²) in [6, 6.07) is 0. The van der Waals surface area contributed by atoms with E-state index in [0.717, 1.165) is 19.5 Å². The van der Waals surface area contributed by atoms with E-state index in [-0.39, 0.29) is 6.54 Å². The van der Waals surface area contributed by atoms with Crippen LogP contribution in [0.4, 0.5) is 0 Å². The van der Waals surface area contributed by atoms with Gasteiger partial charge in [-0.05, 0) is 52.4 Å². The number of carbonyl (C=O) groups excluding carboxylic acids is 1. The molecule has 0 bridgehead atoms. The number of hydrogen-bond acceptors (Lipinski definition) is 5. The summed E-state index contributed by atoms with van der Waals surface area (Å²) in [7, 11) is 1.28. The van der Waals surface area contributed by atoms with Gasteiger partial charge < -0.3 is 20.1 Å². The minimum Gasteiger partial charge on any atom is -0.467 e. The SMILES string of the molecule is COC(=O)C(C)(O)CNCCCN1CCCC1. The number of hydrogen-bond donors (Lipinski definition) is 2. The molecule has 0 aromatic carbocycles. The Hall–Kier alpha value is -0.650. The summed E-state index contributed by atoms with van der Waals surface area (Å²) in [5, 5.41) is 12.8. The molecule has 1 saturated heterocycles. The molecular formula is C12H24N2O3.